The topological polar surface area (TPSA) is 99.2 Å². The first-order valence-corrected chi connectivity index (χ1v) is 9.66. The Morgan fingerprint density at radius 1 is 0.926 bits per heavy atom. The van der Waals surface area contributed by atoms with Gasteiger partial charge in [0.1, 0.15) is 0 Å². The average molecular weight is 391 g/mol. The van der Waals surface area contributed by atoms with Crippen molar-refractivity contribution in [3.05, 3.63) is 53.1 Å². The molecule has 2 aromatic carbocycles. The van der Waals surface area contributed by atoms with Gasteiger partial charge in [-0.05, 0) is 29.8 Å². The molecule has 3 rings (SSSR count). The van der Waals surface area contributed by atoms with E-state index in [1.165, 1.54) is 32.4 Å². The molecule has 1 aliphatic rings. The van der Waals surface area contributed by atoms with E-state index in [0.717, 1.165) is 11.2 Å². The Hall–Kier alpha value is -3.07. The molecule has 0 aromatic heterocycles. The third-order valence-corrected chi connectivity index (χ3v) is 4.47. The van der Waals surface area contributed by atoms with Gasteiger partial charge in [-0.25, -0.2) is 0 Å². The lowest BCUT2D eigenvalue weighted by atomic mass is 10.1. The molecule has 0 saturated carbocycles. The summed E-state index contributed by atoms with van der Waals surface area (Å²) in [4.78, 5) is 26.4. The fourth-order valence-corrected chi connectivity index (χ4v) is 3.31. The lowest BCUT2D eigenvalue weighted by Crippen LogP contribution is -2.29. The number of carbonyl (C=O) groups excluding carboxylic acids is 2. The molecule has 0 aliphatic carbocycles. The number of fused-ring (bicyclic) bond motifs is 1. The molecule has 8 nitrogen and oxygen atoms in total. The molecule has 9 heteroatoms. The number of carbonyl (C=O) groups is 2. The SMILES string of the molecule is COc1ccc(CN2C(=O)c3cccc(OS(C)(=O)=O)c3C2=O)cc1OC. The Labute approximate surface area is 156 Å². The average Bonchev–Trinajstić information content (AvgIpc) is 2.86. The van der Waals surface area contributed by atoms with Crippen LogP contribution >= 0.6 is 0 Å². The second kappa shape index (κ2) is 6.92. The van der Waals surface area contributed by atoms with Gasteiger partial charge in [0.05, 0.1) is 38.1 Å². The molecular formula is C18H17NO7S. The summed E-state index contributed by atoms with van der Waals surface area (Å²) in [5, 5.41) is 0. The van der Waals surface area contributed by atoms with E-state index >= 15 is 0 Å². The van der Waals surface area contributed by atoms with Gasteiger partial charge in [0.2, 0.25) is 0 Å². The molecule has 2 amide bonds. The summed E-state index contributed by atoms with van der Waals surface area (Å²) in [5.74, 6) is -0.323. The van der Waals surface area contributed by atoms with Crippen molar-refractivity contribution in [2.75, 3.05) is 20.5 Å². The molecular weight excluding hydrogens is 374 g/mol. The van der Waals surface area contributed by atoms with Gasteiger partial charge in [-0.15, -0.1) is 0 Å². The van der Waals surface area contributed by atoms with E-state index in [2.05, 4.69) is 0 Å². The molecule has 0 radical (unpaired) electrons. The minimum absolute atomic E-state index is 0.00891. The number of imide groups is 1. The standard InChI is InChI=1S/C18H17NO7S/c1-24-13-8-7-11(9-15(13)25-2)10-19-17(20)12-5-4-6-14(16(12)18(19)21)26-27(3,22)23/h4-9H,10H2,1-3H3. The van der Waals surface area contributed by atoms with E-state index < -0.39 is 21.9 Å². The molecule has 0 spiro atoms. The summed E-state index contributed by atoms with van der Waals surface area (Å²) in [6.45, 7) is -0.00891. The van der Waals surface area contributed by atoms with Gasteiger partial charge in [-0.2, -0.15) is 8.42 Å². The number of benzene rings is 2. The van der Waals surface area contributed by atoms with Crippen LogP contribution in [0.4, 0.5) is 0 Å². The zero-order chi connectivity index (χ0) is 19.8. The predicted octanol–water partition coefficient (Wildman–Crippen LogP) is 1.84. The van der Waals surface area contributed by atoms with E-state index in [1.807, 2.05) is 0 Å². The first kappa shape index (κ1) is 18.7. The normalized spacial score (nSPS) is 13.5. The van der Waals surface area contributed by atoms with Crippen molar-refractivity contribution < 1.29 is 31.7 Å². The maximum Gasteiger partial charge on any atom is 0.306 e. The summed E-state index contributed by atoms with van der Waals surface area (Å²) >= 11 is 0. The number of amides is 2. The first-order chi connectivity index (χ1) is 12.7. The largest absolute Gasteiger partial charge is 0.493 e. The molecule has 0 unspecified atom stereocenters. The van der Waals surface area contributed by atoms with Crippen molar-refractivity contribution in [2.45, 2.75) is 6.54 Å². The minimum atomic E-state index is -3.85. The molecule has 0 saturated heterocycles. The Balaban J connectivity index is 1.94. The van der Waals surface area contributed by atoms with Crippen molar-refractivity contribution in [3.8, 4) is 17.2 Å². The van der Waals surface area contributed by atoms with Gasteiger partial charge in [0.25, 0.3) is 11.8 Å². The summed E-state index contributed by atoms with van der Waals surface area (Å²) in [5.41, 5.74) is 0.683. The molecule has 27 heavy (non-hydrogen) atoms. The number of methoxy groups -OCH3 is 2. The van der Waals surface area contributed by atoms with Crippen molar-refractivity contribution in [1.82, 2.24) is 4.90 Å². The summed E-state index contributed by atoms with van der Waals surface area (Å²) in [7, 11) is -0.856. The van der Waals surface area contributed by atoms with E-state index in [4.69, 9.17) is 13.7 Å². The lowest BCUT2D eigenvalue weighted by molar-refractivity contribution is 0.0642. The fraction of sp³-hybridized carbons (Fsp3) is 0.222. The van der Waals surface area contributed by atoms with E-state index in [0.29, 0.717) is 17.1 Å². The van der Waals surface area contributed by atoms with Crippen molar-refractivity contribution in [1.29, 1.82) is 0 Å². The highest BCUT2D eigenvalue weighted by molar-refractivity contribution is 7.86. The van der Waals surface area contributed by atoms with E-state index in [9.17, 15) is 18.0 Å². The highest BCUT2D eigenvalue weighted by atomic mass is 32.2. The van der Waals surface area contributed by atoms with Crippen molar-refractivity contribution in [3.63, 3.8) is 0 Å². The molecule has 142 valence electrons. The molecule has 0 N–H and O–H groups in total. The Morgan fingerprint density at radius 2 is 1.63 bits per heavy atom. The summed E-state index contributed by atoms with van der Waals surface area (Å²) in [6, 6.07) is 9.30. The molecule has 2 aromatic rings. The number of hydrogen-bond donors (Lipinski definition) is 0. The second-order valence-corrected chi connectivity index (χ2v) is 7.43. The van der Waals surface area contributed by atoms with Crippen LogP contribution in [0.2, 0.25) is 0 Å². The molecule has 0 fully saturated rings. The third-order valence-electron chi connectivity index (χ3n) is 3.99. The Morgan fingerprint density at radius 3 is 2.26 bits per heavy atom. The van der Waals surface area contributed by atoms with Crippen LogP contribution in [0.5, 0.6) is 17.2 Å². The van der Waals surface area contributed by atoms with Gasteiger partial charge >= 0.3 is 10.1 Å². The van der Waals surface area contributed by atoms with Crippen LogP contribution in [-0.2, 0) is 16.7 Å². The zero-order valence-corrected chi connectivity index (χ0v) is 15.7. The number of ether oxygens (including phenoxy) is 2. The Bertz CT molecular complexity index is 1030. The van der Waals surface area contributed by atoms with Gasteiger partial charge in [0, 0.05) is 0 Å². The third kappa shape index (κ3) is 3.59. The number of rotatable bonds is 6. The van der Waals surface area contributed by atoms with Gasteiger partial charge in [0.15, 0.2) is 17.2 Å². The number of nitrogens with zero attached hydrogens (tertiary/aromatic N) is 1. The van der Waals surface area contributed by atoms with Gasteiger partial charge < -0.3 is 13.7 Å². The van der Waals surface area contributed by atoms with Gasteiger partial charge in [-0.1, -0.05) is 12.1 Å². The monoisotopic (exact) mass is 391 g/mol. The lowest BCUT2D eigenvalue weighted by Gasteiger charge is -2.15. The highest BCUT2D eigenvalue weighted by Crippen LogP contribution is 2.34. The molecule has 0 atom stereocenters. The molecule has 0 bridgehead atoms. The Kier molecular flexibility index (Phi) is 4.79. The summed E-state index contributed by atoms with van der Waals surface area (Å²) in [6.07, 6.45) is 0.870. The van der Waals surface area contributed by atoms with E-state index in [1.54, 1.807) is 18.2 Å². The molecule has 1 heterocycles. The molecule has 1 aliphatic heterocycles. The van der Waals surface area contributed by atoms with Crippen molar-refractivity contribution >= 4 is 21.9 Å². The summed E-state index contributed by atoms with van der Waals surface area (Å²) < 4.78 is 38.1. The van der Waals surface area contributed by atoms with Crippen LogP contribution in [0.25, 0.3) is 0 Å². The second-order valence-electron chi connectivity index (χ2n) is 5.85. The van der Waals surface area contributed by atoms with Crippen LogP contribution in [0.1, 0.15) is 26.3 Å². The van der Waals surface area contributed by atoms with E-state index in [-0.39, 0.29) is 23.4 Å². The highest BCUT2D eigenvalue weighted by Gasteiger charge is 2.38. The van der Waals surface area contributed by atoms with Gasteiger partial charge in [-0.3, -0.25) is 14.5 Å². The quantitative estimate of drug-likeness (QED) is 0.547. The maximum atomic E-state index is 12.8. The van der Waals surface area contributed by atoms with Crippen LogP contribution < -0.4 is 13.7 Å². The fourth-order valence-electron chi connectivity index (χ4n) is 2.84. The van der Waals surface area contributed by atoms with Crippen LogP contribution in [0.15, 0.2) is 36.4 Å². The van der Waals surface area contributed by atoms with Crippen LogP contribution in [0.3, 0.4) is 0 Å². The van der Waals surface area contributed by atoms with Crippen LogP contribution in [-0.4, -0.2) is 45.6 Å². The number of hydrogen-bond acceptors (Lipinski definition) is 7. The minimum Gasteiger partial charge on any atom is -0.493 e. The maximum absolute atomic E-state index is 12.8. The van der Waals surface area contributed by atoms with Crippen LogP contribution in [0, 0.1) is 0 Å². The zero-order valence-electron chi connectivity index (χ0n) is 14.9. The first-order valence-electron chi connectivity index (χ1n) is 7.84. The van der Waals surface area contributed by atoms with Crippen molar-refractivity contribution in [2.24, 2.45) is 0 Å². The predicted molar refractivity (Wildman–Crippen MR) is 95.7 cm³/mol. The smallest absolute Gasteiger partial charge is 0.306 e.